The second kappa shape index (κ2) is 4.42. The van der Waals surface area contributed by atoms with E-state index in [1.165, 1.54) is 0 Å². The van der Waals surface area contributed by atoms with Gasteiger partial charge in [0.05, 0.1) is 17.6 Å². The summed E-state index contributed by atoms with van der Waals surface area (Å²) in [6.07, 6.45) is 2.16. The number of benzene rings is 1. The van der Waals surface area contributed by atoms with Crippen LogP contribution in [-0.2, 0) is 6.42 Å². The smallest absolute Gasteiger partial charge is 0.0730 e. The normalized spacial score (nSPS) is 10.5. The van der Waals surface area contributed by atoms with Crippen molar-refractivity contribution < 1.29 is 5.11 Å². The standard InChI is InChI=1S/C10H10ClN3O/c11-8-2-1-3-9(6-8)14-10(4-5-15)7-12-13-14/h1-3,6-7,15H,4-5H2. The van der Waals surface area contributed by atoms with Gasteiger partial charge in [0, 0.05) is 18.1 Å². The second-order valence-corrected chi connectivity index (χ2v) is 3.53. The van der Waals surface area contributed by atoms with Crippen LogP contribution in [0, 0.1) is 0 Å². The molecule has 0 radical (unpaired) electrons. The first-order valence-electron chi connectivity index (χ1n) is 4.57. The van der Waals surface area contributed by atoms with Gasteiger partial charge >= 0.3 is 0 Å². The van der Waals surface area contributed by atoms with Crippen LogP contribution in [0.5, 0.6) is 0 Å². The number of rotatable bonds is 3. The number of aromatic nitrogens is 3. The maximum Gasteiger partial charge on any atom is 0.0730 e. The summed E-state index contributed by atoms with van der Waals surface area (Å²) < 4.78 is 1.67. The topological polar surface area (TPSA) is 50.9 Å². The molecule has 1 N–H and O–H groups in total. The Balaban J connectivity index is 2.40. The van der Waals surface area contributed by atoms with Crippen LogP contribution in [-0.4, -0.2) is 26.7 Å². The van der Waals surface area contributed by atoms with E-state index in [2.05, 4.69) is 10.3 Å². The molecule has 1 heterocycles. The summed E-state index contributed by atoms with van der Waals surface area (Å²) in [5, 5.41) is 17.3. The molecule has 4 nitrogen and oxygen atoms in total. The molecular weight excluding hydrogens is 214 g/mol. The SMILES string of the molecule is OCCc1cnnn1-c1cccc(Cl)c1. The van der Waals surface area contributed by atoms with Crippen molar-refractivity contribution >= 4 is 11.6 Å². The Hall–Kier alpha value is -1.39. The molecule has 0 saturated carbocycles. The molecule has 0 bridgehead atoms. The molecule has 78 valence electrons. The maximum atomic E-state index is 8.87. The number of hydrogen-bond donors (Lipinski definition) is 1. The Labute approximate surface area is 92.1 Å². The first-order valence-corrected chi connectivity index (χ1v) is 4.95. The summed E-state index contributed by atoms with van der Waals surface area (Å²) >= 11 is 5.88. The molecule has 2 rings (SSSR count). The molecule has 1 aromatic heterocycles. The van der Waals surface area contributed by atoms with Crippen LogP contribution in [0.3, 0.4) is 0 Å². The summed E-state index contributed by atoms with van der Waals surface area (Å²) in [6.45, 7) is 0.0773. The average molecular weight is 224 g/mol. The van der Waals surface area contributed by atoms with Crippen LogP contribution in [0.2, 0.25) is 5.02 Å². The van der Waals surface area contributed by atoms with E-state index in [0.717, 1.165) is 11.4 Å². The highest BCUT2D eigenvalue weighted by molar-refractivity contribution is 6.30. The molecule has 5 heteroatoms. The minimum Gasteiger partial charge on any atom is -0.396 e. The zero-order valence-electron chi connectivity index (χ0n) is 7.97. The van der Waals surface area contributed by atoms with E-state index >= 15 is 0 Å². The lowest BCUT2D eigenvalue weighted by molar-refractivity contribution is 0.297. The summed E-state index contributed by atoms with van der Waals surface area (Å²) in [5.74, 6) is 0. The van der Waals surface area contributed by atoms with E-state index in [0.29, 0.717) is 11.4 Å². The quantitative estimate of drug-likeness (QED) is 0.857. The van der Waals surface area contributed by atoms with E-state index in [1.807, 2.05) is 12.1 Å². The molecule has 1 aromatic carbocycles. The van der Waals surface area contributed by atoms with Gasteiger partial charge in [0.15, 0.2) is 0 Å². The number of aliphatic hydroxyl groups excluding tert-OH is 1. The fraction of sp³-hybridized carbons (Fsp3) is 0.200. The Morgan fingerprint density at radius 2 is 2.27 bits per heavy atom. The molecular formula is C10H10ClN3O. The van der Waals surface area contributed by atoms with Crippen molar-refractivity contribution in [2.75, 3.05) is 6.61 Å². The van der Waals surface area contributed by atoms with E-state index < -0.39 is 0 Å². The summed E-state index contributed by atoms with van der Waals surface area (Å²) in [5.41, 5.74) is 1.71. The van der Waals surface area contributed by atoms with Crippen molar-refractivity contribution in [2.24, 2.45) is 0 Å². The Morgan fingerprint density at radius 3 is 3.00 bits per heavy atom. The predicted octanol–water partition coefficient (Wildman–Crippen LogP) is 1.46. The van der Waals surface area contributed by atoms with Gasteiger partial charge in [-0.3, -0.25) is 0 Å². The number of halogens is 1. The third-order valence-corrected chi connectivity index (χ3v) is 2.28. The predicted molar refractivity (Wildman–Crippen MR) is 57.2 cm³/mol. The lowest BCUT2D eigenvalue weighted by Gasteiger charge is -2.04. The highest BCUT2D eigenvalue weighted by atomic mass is 35.5. The monoisotopic (exact) mass is 223 g/mol. The molecule has 0 amide bonds. The van der Waals surface area contributed by atoms with Gasteiger partial charge in [-0.1, -0.05) is 22.9 Å². The summed E-state index contributed by atoms with van der Waals surface area (Å²) in [6, 6.07) is 7.34. The van der Waals surface area contributed by atoms with Crippen LogP contribution in [0.15, 0.2) is 30.5 Å². The van der Waals surface area contributed by atoms with Crippen molar-refractivity contribution in [3.05, 3.63) is 41.2 Å². The van der Waals surface area contributed by atoms with E-state index in [4.69, 9.17) is 16.7 Å². The highest BCUT2D eigenvalue weighted by Gasteiger charge is 2.05. The molecule has 0 atom stereocenters. The van der Waals surface area contributed by atoms with E-state index in [-0.39, 0.29) is 6.61 Å². The summed E-state index contributed by atoms with van der Waals surface area (Å²) in [4.78, 5) is 0. The third-order valence-electron chi connectivity index (χ3n) is 2.04. The van der Waals surface area contributed by atoms with Crippen LogP contribution < -0.4 is 0 Å². The van der Waals surface area contributed by atoms with Gasteiger partial charge in [0.25, 0.3) is 0 Å². The van der Waals surface area contributed by atoms with Crippen LogP contribution in [0.1, 0.15) is 5.69 Å². The first kappa shape index (κ1) is 10.1. The molecule has 0 fully saturated rings. The second-order valence-electron chi connectivity index (χ2n) is 3.09. The van der Waals surface area contributed by atoms with Gasteiger partial charge in [0.2, 0.25) is 0 Å². The van der Waals surface area contributed by atoms with Crippen molar-refractivity contribution in [2.45, 2.75) is 6.42 Å². The van der Waals surface area contributed by atoms with Crippen molar-refractivity contribution in [3.8, 4) is 5.69 Å². The zero-order chi connectivity index (χ0) is 10.7. The van der Waals surface area contributed by atoms with E-state index in [9.17, 15) is 0 Å². The fourth-order valence-electron chi connectivity index (χ4n) is 1.37. The molecule has 0 aliphatic rings. The van der Waals surface area contributed by atoms with Gasteiger partial charge in [0.1, 0.15) is 0 Å². The van der Waals surface area contributed by atoms with Crippen LogP contribution in [0.25, 0.3) is 5.69 Å². The average Bonchev–Trinajstić information content (AvgIpc) is 2.66. The maximum absolute atomic E-state index is 8.87. The molecule has 0 saturated heterocycles. The summed E-state index contributed by atoms with van der Waals surface area (Å²) in [7, 11) is 0. The van der Waals surface area contributed by atoms with Crippen molar-refractivity contribution in [1.82, 2.24) is 15.0 Å². The van der Waals surface area contributed by atoms with Gasteiger partial charge in [-0.15, -0.1) is 5.10 Å². The van der Waals surface area contributed by atoms with E-state index in [1.54, 1.807) is 23.0 Å². The highest BCUT2D eigenvalue weighted by Crippen LogP contribution is 2.15. The molecule has 0 aliphatic carbocycles. The van der Waals surface area contributed by atoms with Crippen LogP contribution >= 0.6 is 11.6 Å². The molecule has 0 unspecified atom stereocenters. The largest absolute Gasteiger partial charge is 0.396 e. The number of hydrogen-bond acceptors (Lipinski definition) is 3. The van der Waals surface area contributed by atoms with Crippen molar-refractivity contribution in [1.29, 1.82) is 0 Å². The zero-order valence-corrected chi connectivity index (χ0v) is 8.72. The molecule has 0 spiro atoms. The minimum absolute atomic E-state index is 0.0773. The third kappa shape index (κ3) is 2.16. The van der Waals surface area contributed by atoms with Crippen LogP contribution in [0.4, 0.5) is 0 Å². The first-order chi connectivity index (χ1) is 7.31. The fourth-order valence-corrected chi connectivity index (χ4v) is 1.55. The Kier molecular flexibility index (Phi) is 2.99. The Bertz CT molecular complexity index is 455. The Morgan fingerprint density at radius 1 is 1.40 bits per heavy atom. The van der Waals surface area contributed by atoms with Crippen molar-refractivity contribution in [3.63, 3.8) is 0 Å². The molecule has 0 aliphatic heterocycles. The minimum atomic E-state index is 0.0773. The van der Waals surface area contributed by atoms with Gasteiger partial charge < -0.3 is 5.11 Å². The molecule has 2 aromatic rings. The number of nitrogens with zero attached hydrogens (tertiary/aromatic N) is 3. The lowest BCUT2D eigenvalue weighted by Crippen LogP contribution is -2.03. The molecule has 15 heavy (non-hydrogen) atoms. The van der Waals surface area contributed by atoms with Gasteiger partial charge in [-0.05, 0) is 18.2 Å². The number of aliphatic hydroxyl groups is 1. The van der Waals surface area contributed by atoms with Gasteiger partial charge in [-0.2, -0.15) is 0 Å². The van der Waals surface area contributed by atoms with Gasteiger partial charge in [-0.25, -0.2) is 4.68 Å². The lowest BCUT2D eigenvalue weighted by atomic mass is 10.3.